The Morgan fingerprint density at radius 3 is 1.93 bits per heavy atom. The topological polar surface area (TPSA) is 43.4 Å². The molecule has 0 aliphatic rings. The number of esters is 1. The molecule has 0 heterocycles. The maximum absolute atomic E-state index is 10.8. The van der Waals surface area contributed by atoms with Crippen LogP contribution in [0.3, 0.4) is 0 Å². The summed E-state index contributed by atoms with van der Waals surface area (Å²) < 4.78 is 4.50. The van der Waals surface area contributed by atoms with Crippen LogP contribution in [0, 0.1) is 0 Å². The Kier molecular flexibility index (Phi) is 11.6. The van der Waals surface area contributed by atoms with Crippen molar-refractivity contribution in [2.75, 3.05) is 7.11 Å². The van der Waals surface area contributed by atoms with Crippen LogP contribution < -0.4 is 0 Å². The number of ether oxygens (including phenoxy) is 1. The highest BCUT2D eigenvalue weighted by Gasteiger charge is 2.00. The Bertz CT molecular complexity index is 242. The average molecular weight is 194 g/mol. The quantitative estimate of drug-likeness (QED) is 0.508. The van der Waals surface area contributed by atoms with Crippen molar-refractivity contribution in [3.05, 3.63) is 49.1 Å². The van der Waals surface area contributed by atoms with Gasteiger partial charge in [0.15, 0.2) is 0 Å². The maximum Gasteiger partial charge on any atom is 0.337 e. The first-order valence-corrected chi connectivity index (χ1v) is 3.77. The minimum Gasteiger partial charge on any atom is -0.465 e. The third kappa shape index (κ3) is 5.71. The van der Waals surface area contributed by atoms with Crippen molar-refractivity contribution in [3.8, 4) is 0 Å². The fourth-order valence-corrected chi connectivity index (χ4v) is 0.692. The van der Waals surface area contributed by atoms with E-state index in [-0.39, 0.29) is 5.97 Å². The number of carbonyl (C=O) groups excluding carboxylic acids is 2. The Hall–Kier alpha value is -1.90. The second kappa shape index (κ2) is 11.1. The van der Waals surface area contributed by atoms with Crippen molar-refractivity contribution < 1.29 is 14.3 Å². The van der Waals surface area contributed by atoms with Gasteiger partial charge in [0.25, 0.3) is 0 Å². The third-order valence-corrected chi connectivity index (χ3v) is 1.19. The van der Waals surface area contributed by atoms with Gasteiger partial charge in [-0.05, 0) is 12.1 Å². The van der Waals surface area contributed by atoms with E-state index in [0.29, 0.717) is 5.56 Å². The highest BCUT2D eigenvalue weighted by Crippen LogP contribution is 1.98. The number of methoxy groups -OCH3 is 1. The van der Waals surface area contributed by atoms with Gasteiger partial charge in [-0.15, -0.1) is 13.2 Å². The minimum absolute atomic E-state index is 0.291. The van der Waals surface area contributed by atoms with Crippen LogP contribution in [0.5, 0.6) is 0 Å². The summed E-state index contributed by atoms with van der Waals surface area (Å²) in [6.07, 6.45) is 0. The summed E-state index contributed by atoms with van der Waals surface area (Å²) in [5, 5.41) is 0. The molecule has 0 spiro atoms. The Labute approximate surface area is 84.0 Å². The molecular formula is C11H14O3. The van der Waals surface area contributed by atoms with E-state index in [1.165, 1.54) is 7.11 Å². The third-order valence-electron chi connectivity index (χ3n) is 1.19. The highest BCUT2D eigenvalue weighted by atomic mass is 16.5. The lowest BCUT2D eigenvalue weighted by Gasteiger charge is -1.95. The van der Waals surface area contributed by atoms with E-state index >= 15 is 0 Å². The maximum atomic E-state index is 10.8. The number of hydrogen-bond donors (Lipinski definition) is 0. The molecule has 0 fully saturated rings. The van der Waals surface area contributed by atoms with Crippen molar-refractivity contribution in [1.29, 1.82) is 0 Å². The van der Waals surface area contributed by atoms with Crippen LogP contribution in [-0.4, -0.2) is 19.9 Å². The minimum atomic E-state index is -0.291. The van der Waals surface area contributed by atoms with Crippen molar-refractivity contribution in [3.63, 3.8) is 0 Å². The molecule has 0 saturated carbocycles. The lowest BCUT2D eigenvalue weighted by molar-refractivity contribution is -0.0980. The summed E-state index contributed by atoms with van der Waals surface area (Å²) in [7, 11) is 1.37. The number of carbonyl (C=O) groups is 2. The fraction of sp³-hybridized carbons (Fsp3) is 0.0909. The lowest BCUT2D eigenvalue weighted by Crippen LogP contribution is -1.99. The van der Waals surface area contributed by atoms with Crippen molar-refractivity contribution in [2.45, 2.75) is 0 Å². The van der Waals surface area contributed by atoms with Crippen molar-refractivity contribution in [1.82, 2.24) is 0 Å². The molecule has 0 radical (unpaired) electrons. The lowest BCUT2D eigenvalue weighted by atomic mass is 10.2. The molecule has 1 aromatic rings. The molecule has 0 aliphatic carbocycles. The van der Waals surface area contributed by atoms with Gasteiger partial charge >= 0.3 is 5.97 Å². The van der Waals surface area contributed by atoms with Gasteiger partial charge in [0.05, 0.1) is 12.7 Å². The van der Waals surface area contributed by atoms with Crippen molar-refractivity contribution >= 4 is 12.8 Å². The second-order valence-electron chi connectivity index (χ2n) is 1.86. The molecule has 3 heteroatoms. The molecule has 0 saturated heterocycles. The summed E-state index contributed by atoms with van der Waals surface area (Å²) in [4.78, 5) is 18.8. The molecule has 14 heavy (non-hydrogen) atoms. The molecule has 0 N–H and O–H groups in total. The Balaban J connectivity index is 0. The van der Waals surface area contributed by atoms with Gasteiger partial charge < -0.3 is 9.53 Å². The summed E-state index contributed by atoms with van der Waals surface area (Å²) in [6, 6.07) is 8.88. The molecule has 0 amide bonds. The average Bonchev–Trinajstić information content (AvgIpc) is 2.34. The standard InChI is InChI=1S/C8H8O2.C2H4.CH2O/c1-10-8(9)7-5-3-2-4-6-7;2*1-2/h2-6H,1H3;1-2H2;1H2. The van der Waals surface area contributed by atoms with Crippen molar-refractivity contribution in [2.24, 2.45) is 0 Å². The van der Waals surface area contributed by atoms with Gasteiger partial charge in [0.2, 0.25) is 0 Å². The highest BCUT2D eigenvalue weighted by molar-refractivity contribution is 5.89. The van der Waals surface area contributed by atoms with Crippen LogP contribution in [0.4, 0.5) is 0 Å². The molecule has 0 atom stereocenters. The summed E-state index contributed by atoms with van der Waals surface area (Å²) >= 11 is 0. The molecule has 0 aliphatic heterocycles. The predicted molar refractivity (Wildman–Crippen MR) is 56.2 cm³/mol. The van der Waals surface area contributed by atoms with E-state index in [1.54, 1.807) is 24.3 Å². The normalized spacial score (nSPS) is 6.93. The van der Waals surface area contributed by atoms with E-state index < -0.39 is 0 Å². The molecule has 3 nitrogen and oxygen atoms in total. The van der Waals surface area contributed by atoms with E-state index in [4.69, 9.17) is 4.79 Å². The van der Waals surface area contributed by atoms with Crippen LogP contribution in [0.2, 0.25) is 0 Å². The number of rotatable bonds is 1. The van der Waals surface area contributed by atoms with Crippen LogP contribution >= 0.6 is 0 Å². The molecule has 0 aromatic heterocycles. The van der Waals surface area contributed by atoms with Crippen LogP contribution in [-0.2, 0) is 9.53 Å². The first-order chi connectivity index (χ1) is 6.84. The zero-order chi connectivity index (χ0) is 11.4. The molecule has 1 aromatic carbocycles. The van der Waals surface area contributed by atoms with Gasteiger partial charge in [-0.2, -0.15) is 0 Å². The Morgan fingerprint density at radius 1 is 1.14 bits per heavy atom. The van der Waals surface area contributed by atoms with Crippen LogP contribution in [0.15, 0.2) is 43.5 Å². The zero-order valence-electron chi connectivity index (χ0n) is 8.23. The number of hydrogen-bond acceptors (Lipinski definition) is 3. The molecule has 76 valence electrons. The smallest absolute Gasteiger partial charge is 0.337 e. The van der Waals surface area contributed by atoms with Crippen LogP contribution in [0.1, 0.15) is 10.4 Å². The van der Waals surface area contributed by atoms with E-state index in [1.807, 2.05) is 12.9 Å². The molecule has 0 unspecified atom stereocenters. The van der Waals surface area contributed by atoms with Gasteiger partial charge in [-0.3, -0.25) is 0 Å². The molecule has 1 rings (SSSR count). The largest absolute Gasteiger partial charge is 0.465 e. The SMILES string of the molecule is C=C.C=O.COC(=O)c1ccccc1. The molecular weight excluding hydrogens is 180 g/mol. The summed E-state index contributed by atoms with van der Waals surface area (Å²) in [5.41, 5.74) is 0.588. The van der Waals surface area contributed by atoms with E-state index in [0.717, 1.165) is 0 Å². The van der Waals surface area contributed by atoms with E-state index in [2.05, 4.69) is 17.9 Å². The monoisotopic (exact) mass is 194 g/mol. The van der Waals surface area contributed by atoms with Gasteiger partial charge in [0, 0.05) is 0 Å². The van der Waals surface area contributed by atoms with Gasteiger partial charge in [0.1, 0.15) is 6.79 Å². The van der Waals surface area contributed by atoms with Crippen LogP contribution in [0.25, 0.3) is 0 Å². The van der Waals surface area contributed by atoms with Gasteiger partial charge in [-0.25, -0.2) is 4.79 Å². The van der Waals surface area contributed by atoms with E-state index in [9.17, 15) is 4.79 Å². The fourth-order valence-electron chi connectivity index (χ4n) is 0.692. The first kappa shape index (κ1) is 14.6. The first-order valence-electron chi connectivity index (χ1n) is 3.77. The second-order valence-corrected chi connectivity index (χ2v) is 1.86. The number of benzene rings is 1. The van der Waals surface area contributed by atoms with Gasteiger partial charge in [-0.1, -0.05) is 18.2 Å². The Morgan fingerprint density at radius 2 is 1.57 bits per heavy atom. The molecule has 0 bridgehead atoms. The zero-order valence-corrected chi connectivity index (χ0v) is 8.23. The summed E-state index contributed by atoms with van der Waals surface area (Å²) in [6.45, 7) is 8.00. The summed E-state index contributed by atoms with van der Waals surface area (Å²) in [5.74, 6) is -0.291. The predicted octanol–water partition coefficient (Wildman–Crippen LogP) is 2.09.